The number of anilines is 1. The van der Waals surface area contributed by atoms with E-state index in [1.165, 1.54) is 0 Å². The van der Waals surface area contributed by atoms with Crippen molar-refractivity contribution in [3.8, 4) is 6.07 Å². The summed E-state index contributed by atoms with van der Waals surface area (Å²) >= 11 is 0. The Balaban J connectivity index is 2.43. The van der Waals surface area contributed by atoms with Crippen LogP contribution in [0.4, 0.5) is 5.82 Å². The van der Waals surface area contributed by atoms with Gasteiger partial charge in [0, 0.05) is 19.3 Å². The normalized spacial score (nSPS) is 13.6. The van der Waals surface area contributed by atoms with E-state index in [0.717, 1.165) is 29.9 Å². The summed E-state index contributed by atoms with van der Waals surface area (Å²) in [5.41, 5.74) is 1.83. The molecule has 68 valence electrons. The van der Waals surface area contributed by atoms with Gasteiger partial charge in [-0.25, -0.2) is 4.98 Å². The van der Waals surface area contributed by atoms with Crippen molar-refractivity contribution in [1.82, 2.24) is 14.5 Å². The first kappa shape index (κ1) is 7.33. The quantitative estimate of drug-likeness (QED) is 0.657. The summed E-state index contributed by atoms with van der Waals surface area (Å²) in [6, 6.07) is 3.87. The predicted octanol–water partition coefficient (Wildman–Crippen LogP) is 0.728. The van der Waals surface area contributed by atoms with Gasteiger partial charge in [-0.1, -0.05) is 0 Å². The van der Waals surface area contributed by atoms with Crippen molar-refractivity contribution in [1.29, 1.82) is 5.26 Å². The third kappa shape index (κ3) is 0.823. The Morgan fingerprint density at radius 3 is 3.29 bits per heavy atom. The lowest BCUT2D eigenvalue weighted by atomic mass is 10.3. The van der Waals surface area contributed by atoms with Crippen LogP contribution in [0.15, 0.2) is 12.3 Å². The van der Waals surface area contributed by atoms with E-state index in [2.05, 4.69) is 19.9 Å². The predicted molar refractivity (Wildman–Crippen MR) is 50.7 cm³/mol. The molecular formula is C9H7N5. The van der Waals surface area contributed by atoms with Crippen molar-refractivity contribution in [3.63, 3.8) is 0 Å². The minimum absolute atomic E-state index is 0.222. The van der Waals surface area contributed by atoms with E-state index in [0.29, 0.717) is 0 Å². The van der Waals surface area contributed by atoms with Crippen LogP contribution in [0, 0.1) is 11.3 Å². The molecule has 0 aliphatic carbocycles. The second kappa shape index (κ2) is 2.45. The molecule has 1 aliphatic heterocycles. The van der Waals surface area contributed by atoms with E-state index < -0.39 is 0 Å². The van der Waals surface area contributed by atoms with E-state index in [1.807, 2.05) is 18.3 Å². The van der Waals surface area contributed by atoms with E-state index in [-0.39, 0.29) is 5.82 Å². The lowest BCUT2D eigenvalue weighted by Crippen LogP contribution is -2.17. The van der Waals surface area contributed by atoms with Gasteiger partial charge in [0.1, 0.15) is 11.6 Å². The number of hydrogen-bond acceptors (Lipinski definition) is 4. The minimum atomic E-state index is 0.222. The number of aromatic nitrogens is 3. The summed E-state index contributed by atoms with van der Waals surface area (Å²) in [5.74, 6) is 0.988. The molecule has 0 spiro atoms. The molecule has 2 aromatic rings. The van der Waals surface area contributed by atoms with Crippen molar-refractivity contribution in [2.45, 2.75) is 6.54 Å². The lowest BCUT2D eigenvalue weighted by Gasteiger charge is -2.15. The average Bonchev–Trinajstić information content (AvgIpc) is 2.64. The molecule has 1 N–H and O–H groups in total. The summed E-state index contributed by atoms with van der Waals surface area (Å²) in [7, 11) is 0. The molecule has 5 heteroatoms. The minimum Gasteiger partial charge on any atom is -0.366 e. The van der Waals surface area contributed by atoms with Crippen molar-refractivity contribution >= 4 is 16.9 Å². The highest BCUT2D eigenvalue weighted by Gasteiger charge is 2.14. The van der Waals surface area contributed by atoms with Crippen LogP contribution in [0.5, 0.6) is 0 Å². The van der Waals surface area contributed by atoms with Crippen LogP contribution in [0.3, 0.4) is 0 Å². The largest absolute Gasteiger partial charge is 0.366 e. The van der Waals surface area contributed by atoms with Crippen LogP contribution in [0.25, 0.3) is 11.0 Å². The Morgan fingerprint density at radius 1 is 1.50 bits per heavy atom. The lowest BCUT2D eigenvalue weighted by molar-refractivity contribution is 0.735. The molecule has 0 aromatic carbocycles. The smallest absolute Gasteiger partial charge is 0.234 e. The van der Waals surface area contributed by atoms with Crippen molar-refractivity contribution in [3.05, 3.63) is 18.1 Å². The Labute approximate surface area is 80.0 Å². The fourth-order valence-electron chi connectivity index (χ4n) is 1.76. The monoisotopic (exact) mass is 185 g/mol. The van der Waals surface area contributed by atoms with E-state index >= 15 is 0 Å². The highest BCUT2D eigenvalue weighted by molar-refractivity contribution is 5.87. The summed E-state index contributed by atoms with van der Waals surface area (Å²) in [4.78, 5) is 8.24. The summed E-state index contributed by atoms with van der Waals surface area (Å²) in [5, 5.41) is 11.9. The molecule has 3 heterocycles. The first-order valence-electron chi connectivity index (χ1n) is 4.39. The van der Waals surface area contributed by atoms with Gasteiger partial charge >= 0.3 is 0 Å². The van der Waals surface area contributed by atoms with Gasteiger partial charge in [0.2, 0.25) is 5.82 Å². The van der Waals surface area contributed by atoms with Crippen molar-refractivity contribution in [2.24, 2.45) is 0 Å². The van der Waals surface area contributed by atoms with Gasteiger partial charge in [0.05, 0.1) is 5.52 Å². The maximum atomic E-state index is 8.73. The maximum absolute atomic E-state index is 8.73. The van der Waals surface area contributed by atoms with Crippen LogP contribution in [0.2, 0.25) is 0 Å². The first-order chi connectivity index (χ1) is 6.88. The molecule has 0 atom stereocenters. The first-order valence-corrected chi connectivity index (χ1v) is 4.39. The van der Waals surface area contributed by atoms with Crippen LogP contribution in [-0.4, -0.2) is 21.1 Å². The molecule has 2 aromatic heterocycles. The summed E-state index contributed by atoms with van der Waals surface area (Å²) in [6.07, 6.45) is 1.98. The Morgan fingerprint density at radius 2 is 2.43 bits per heavy atom. The van der Waals surface area contributed by atoms with Gasteiger partial charge in [0.15, 0.2) is 5.82 Å². The molecule has 0 saturated heterocycles. The zero-order valence-electron chi connectivity index (χ0n) is 7.36. The van der Waals surface area contributed by atoms with Crippen molar-refractivity contribution < 1.29 is 0 Å². The molecule has 1 aliphatic rings. The van der Waals surface area contributed by atoms with Crippen LogP contribution in [-0.2, 0) is 6.54 Å². The van der Waals surface area contributed by atoms with Gasteiger partial charge < -0.3 is 9.88 Å². The zero-order valence-corrected chi connectivity index (χ0v) is 7.36. The molecule has 0 unspecified atom stereocenters. The molecule has 5 nitrogen and oxygen atoms in total. The maximum Gasteiger partial charge on any atom is 0.234 e. The number of nitriles is 1. The zero-order chi connectivity index (χ0) is 9.54. The van der Waals surface area contributed by atoms with Gasteiger partial charge in [-0.15, -0.1) is 0 Å². The van der Waals surface area contributed by atoms with E-state index in [4.69, 9.17) is 5.26 Å². The van der Waals surface area contributed by atoms with Gasteiger partial charge in [-0.3, -0.25) is 0 Å². The molecule has 0 fully saturated rings. The highest BCUT2D eigenvalue weighted by atomic mass is 15.1. The standard InChI is InChI=1S/C9H7N5/c10-5-7-12-6-1-3-14-4-2-11-9(13-7)8(6)14/h1,3H,2,4H2,(H,11,12,13). The number of hydrogen-bond donors (Lipinski definition) is 1. The van der Waals surface area contributed by atoms with Crippen LogP contribution >= 0.6 is 0 Å². The molecule has 0 bridgehead atoms. The average molecular weight is 185 g/mol. The third-order valence-electron chi connectivity index (χ3n) is 2.36. The van der Waals surface area contributed by atoms with Gasteiger partial charge in [-0.05, 0) is 6.07 Å². The molecular weight excluding hydrogens is 178 g/mol. The Hall–Kier alpha value is -2.09. The van der Waals surface area contributed by atoms with Crippen LogP contribution < -0.4 is 5.32 Å². The second-order valence-electron chi connectivity index (χ2n) is 3.18. The fourth-order valence-corrected chi connectivity index (χ4v) is 1.76. The van der Waals surface area contributed by atoms with E-state index in [1.54, 1.807) is 0 Å². The van der Waals surface area contributed by atoms with Gasteiger partial charge in [0.25, 0.3) is 0 Å². The topological polar surface area (TPSA) is 66.5 Å². The molecule has 14 heavy (non-hydrogen) atoms. The Bertz CT molecular complexity index is 548. The van der Waals surface area contributed by atoms with Crippen molar-refractivity contribution in [2.75, 3.05) is 11.9 Å². The summed E-state index contributed by atoms with van der Waals surface area (Å²) < 4.78 is 2.10. The van der Waals surface area contributed by atoms with E-state index in [9.17, 15) is 0 Å². The van der Waals surface area contributed by atoms with Crippen LogP contribution in [0.1, 0.15) is 5.82 Å². The molecule has 0 radical (unpaired) electrons. The fraction of sp³-hybridized carbons (Fsp3) is 0.222. The molecule has 0 amide bonds. The number of nitrogens with one attached hydrogen (secondary N) is 1. The number of rotatable bonds is 0. The third-order valence-corrected chi connectivity index (χ3v) is 2.36. The highest BCUT2D eigenvalue weighted by Crippen LogP contribution is 2.23. The summed E-state index contributed by atoms with van der Waals surface area (Å²) in [6.45, 7) is 1.77. The molecule has 3 rings (SSSR count). The molecule has 0 saturated carbocycles. The number of nitrogens with zero attached hydrogens (tertiary/aromatic N) is 4. The second-order valence-corrected chi connectivity index (χ2v) is 3.18. The Kier molecular flexibility index (Phi) is 1.28. The SMILES string of the molecule is N#Cc1nc2c3c(ccn3CCN2)n1. The van der Waals surface area contributed by atoms with Gasteiger partial charge in [-0.2, -0.15) is 10.2 Å².